The maximum absolute atomic E-state index is 10.9. The zero-order chi connectivity index (χ0) is 17.9. The molecule has 0 aliphatic rings. The number of rotatable bonds is 11. The molecule has 2 N–H and O–H groups in total. The number of nitrogens with one attached hydrogen (secondary N) is 1. The van der Waals surface area contributed by atoms with Gasteiger partial charge in [0.05, 0.1) is 4.92 Å². The summed E-state index contributed by atoms with van der Waals surface area (Å²) in [5.74, 6) is 2.07. The van der Waals surface area contributed by atoms with Gasteiger partial charge in [0.25, 0.3) is 0 Å². The van der Waals surface area contributed by atoms with Crippen molar-refractivity contribution < 1.29 is 14.8 Å². The first-order valence-corrected chi connectivity index (χ1v) is 9.19. The summed E-state index contributed by atoms with van der Waals surface area (Å²) in [6.45, 7) is 1.17. The van der Waals surface area contributed by atoms with Gasteiger partial charge in [-0.1, -0.05) is 42.5 Å². The first-order chi connectivity index (χ1) is 12.2. The molecule has 0 amide bonds. The lowest BCUT2D eigenvalue weighted by Gasteiger charge is -2.13. The molecule has 0 spiro atoms. The SMILES string of the molecule is O=[N+]([O-])c1ccccc1OC[C@@H](O)CNCCSCc1ccccc1. The summed E-state index contributed by atoms with van der Waals surface area (Å²) in [5.41, 5.74) is 1.20. The average molecular weight is 362 g/mol. The summed E-state index contributed by atoms with van der Waals surface area (Å²) in [4.78, 5) is 10.4. The zero-order valence-electron chi connectivity index (χ0n) is 13.8. The monoisotopic (exact) mass is 362 g/mol. The van der Waals surface area contributed by atoms with Crippen LogP contribution in [0.5, 0.6) is 5.75 Å². The highest BCUT2D eigenvalue weighted by atomic mass is 32.2. The molecule has 0 radical (unpaired) electrons. The number of aliphatic hydroxyl groups excluding tert-OH is 1. The van der Waals surface area contributed by atoms with Gasteiger partial charge in [-0.15, -0.1) is 0 Å². The Labute approximate surface area is 151 Å². The van der Waals surface area contributed by atoms with Crippen molar-refractivity contribution in [1.29, 1.82) is 0 Å². The Hall–Kier alpha value is -2.09. The maximum Gasteiger partial charge on any atom is 0.310 e. The van der Waals surface area contributed by atoms with Gasteiger partial charge < -0.3 is 15.2 Å². The van der Waals surface area contributed by atoms with E-state index in [2.05, 4.69) is 17.4 Å². The van der Waals surface area contributed by atoms with E-state index in [1.807, 2.05) is 30.0 Å². The fraction of sp³-hybridized carbons (Fsp3) is 0.333. The van der Waals surface area contributed by atoms with Crippen molar-refractivity contribution in [3.8, 4) is 5.75 Å². The Bertz CT molecular complexity index is 655. The second-order valence-corrected chi connectivity index (χ2v) is 6.54. The van der Waals surface area contributed by atoms with Crippen molar-refractivity contribution in [2.45, 2.75) is 11.9 Å². The van der Waals surface area contributed by atoms with Crippen LogP contribution >= 0.6 is 11.8 Å². The highest BCUT2D eigenvalue weighted by Gasteiger charge is 2.15. The number of hydrogen-bond acceptors (Lipinski definition) is 6. The standard InChI is InChI=1S/C18H22N2O4S/c21-16(13-24-18-9-5-4-8-17(18)20(22)23)12-19-10-11-25-14-15-6-2-1-3-7-15/h1-9,16,19,21H,10-14H2/t16-/m0/s1. The Kier molecular flexibility index (Phi) is 8.24. The Balaban J connectivity index is 1.58. The third-order valence-corrected chi connectivity index (χ3v) is 4.44. The Morgan fingerprint density at radius 2 is 1.88 bits per heavy atom. The number of ether oxygens (including phenoxy) is 1. The van der Waals surface area contributed by atoms with Crippen molar-refractivity contribution in [1.82, 2.24) is 5.32 Å². The lowest BCUT2D eigenvalue weighted by atomic mass is 10.2. The molecule has 2 aromatic carbocycles. The molecule has 0 saturated heterocycles. The number of nitro benzene ring substituents is 1. The molecule has 0 bridgehead atoms. The Morgan fingerprint density at radius 1 is 1.16 bits per heavy atom. The van der Waals surface area contributed by atoms with Crippen LogP contribution in [0.3, 0.4) is 0 Å². The summed E-state index contributed by atoms with van der Waals surface area (Å²) in [6.07, 6.45) is -0.723. The van der Waals surface area contributed by atoms with Gasteiger partial charge in [0, 0.05) is 30.7 Å². The van der Waals surface area contributed by atoms with Crippen LogP contribution < -0.4 is 10.1 Å². The maximum atomic E-state index is 10.9. The number of thioether (sulfide) groups is 1. The molecule has 0 aliphatic heterocycles. The van der Waals surface area contributed by atoms with Crippen LogP contribution in [-0.2, 0) is 5.75 Å². The van der Waals surface area contributed by atoms with E-state index in [9.17, 15) is 15.2 Å². The van der Waals surface area contributed by atoms with E-state index in [4.69, 9.17) is 4.74 Å². The molecule has 0 aliphatic carbocycles. The topological polar surface area (TPSA) is 84.6 Å². The van der Waals surface area contributed by atoms with Gasteiger partial charge in [0.2, 0.25) is 0 Å². The molecular weight excluding hydrogens is 340 g/mol. The fourth-order valence-electron chi connectivity index (χ4n) is 2.15. The predicted molar refractivity (Wildman–Crippen MR) is 100 cm³/mol. The Morgan fingerprint density at radius 3 is 2.64 bits per heavy atom. The summed E-state index contributed by atoms with van der Waals surface area (Å²) < 4.78 is 5.36. The first kappa shape index (κ1) is 19.2. The molecule has 0 aromatic heterocycles. The van der Waals surface area contributed by atoms with E-state index in [0.717, 1.165) is 18.1 Å². The third kappa shape index (κ3) is 7.13. The van der Waals surface area contributed by atoms with Crippen LogP contribution in [0.15, 0.2) is 54.6 Å². The van der Waals surface area contributed by atoms with Gasteiger partial charge in [0.1, 0.15) is 12.7 Å². The second kappa shape index (κ2) is 10.7. The second-order valence-electron chi connectivity index (χ2n) is 5.43. The molecule has 6 nitrogen and oxygen atoms in total. The van der Waals surface area contributed by atoms with Crippen molar-refractivity contribution in [3.05, 3.63) is 70.3 Å². The van der Waals surface area contributed by atoms with Crippen LogP contribution in [0.2, 0.25) is 0 Å². The quantitative estimate of drug-likeness (QED) is 0.363. The minimum Gasteiger partial charge on any atom is -0.484 e. The van der Waals surface area contributed by atoms with Gasteiger partial charge >= 0.3 is 5.69 Å². The van der Waals surface area contributed by atoms with E-state index in [-0.39, 0.29) is 18.0 Å². The summed E-state index contributed by atoms with van der Waals surface area (Å²) in [6, 6.07) is 16.4. The molecule has 0 fully saturated rings. The number of hydrogen-bond donors (Lipinski definition) is 2. The van der Waals surface area contributed by atoms with Crippen LogP contribution in [0.1, 0.15) is 5.56 Å². The minimum absolute atomic E-state index is 0.00894. The number of para-hydroxylation sites is 2. The van der Waals surface area contributed by atoms with Crippen LogP contribution in [0.25, 0.3) is 0 Å². The predicted octanol–water partition coefficient (Wildman–Crippen LogP) is 2.86. The summed E-state index contributed by atoms with van der Waals surface area (Å²) in [7, 11) is 0. The highest BCUT2D eigenvalue weighted by Crippen LogP contribution is 2.25. The molecule has 134 valence electrons. The number of aliphatic hydroxyl groups is 1. The van der Waals surface area contributed by atoms with Gasteiger partial charge in [-0.25, -0.2) is 0 Å². The zero-order valence-corrected chi connectivity index (χ0v) is 14.7. The molecule has 2 aromatic rings. The average Bonchev–Trinajstić information content (AvgIpc) is 2.64. The lowest BCUT2D eigenvalue weighted by molar-refractivity contribution is -0.385. The van der Waals surface area contributed by atoms with E-state index >= 15 is 0 Å². The van der Waals surface area contributed by atoms with Crippen LogP contribution in [0.4, 0.5) is 5.69 Å². The molecular formula is C18H22N2O4S. The largest absolute Gasteiger partial charge is 0.484 e. The first-order valence-electron chi connectivity index (χ1n) is 8.03. The molecule has 0 heterocycles. The number of nitrogens with zero attached hydrogens (tertiary/aromatic N) is 1. The fourth-order valence-corrected chi connectivity index (χ4v) is 3.01. The highest BCUT2D eigenvalue weighted by molar-refractivity contribution is 7.98. The van der Waals surface area contributed by atoms with Crippen molar-refractivity contribution in [3.63, 3.8) is 0 Å². The molecule has 2 rings (SSSR count). The van der Waals surface area contributed by atoms with Crippen molar-refractivity contribution in [2.75, 3.05) is 25.4 Å². The number of benzene rings is 2. The normalized spacial score (nSPS) is 11.9. The van der Waals surface area contributed by atoms with Gasteiger partial charge in [-0.2, -0.15) is 11.8 Å². The third-order valence-electron chi connectivity index (χ3n) is 3.41. The lowest BCUT2D eigenvalue weighted by Crippen LogP contribution is -2.32. The summed E-state index contributed by atoms with van der Waals surface area (Å²) >= 11 is 1.82. The van der Waals surface area contributed by atoms with Gasteiger partial charge in [-0.3, -0.25) is 10.1 Å². The van der Waals surface area contributed by atoms with E-state index in [0.29, 0.717) is 6.54 Å². The molecule has 0 saturated carbocycles. The molecule has 25 heavy (non-hydrogen) atoms. The summed E-state index contributed by atoms with van der Waals surface area (Å²) in [5, 5.41) is 24.0. The van der Waals surface area contributed by atoms with E-state index in [1.165, 1.54) is 17.7 Å². The van der Waals surface area contributed by atoms with Crippen LogP contribution in [0, 0.1) is 10.1 Å². The molecule has 0 unspecified atom stereocenters. The van der Waals surface area contributed by atoms with E-state index in [1.54, 1.807) is 12.1 Å². The van der Waals surface area contributed by atoms with Gasteiger partial charge in [0.15, 0.2) is 5.75 Å². The smallest absolute Gasteiger partial charge is 0.310 e. The van der Waals surface area contributed by atoms with Crippen molar-refractivity contribution in [2.24, 2.45) is 0 Å². The minimum atomic E-state index is -0.723. The molecule has 7 heteroatoms. The van der Waals surface area contributed by atoms with Crippen molar-refractivity contribution >= 4 is 17.4 Å². The number of nitro groups is 1. The van der Waals surface area contributed by atoms with Crippen LogP contribution in [-0.4, -0.2) is 41.6 Å². The van der Waals surface area contributed by atoms with E-state index < -0.39 is 11.0 Å². The molecule has 1 atom stereocenters. The van der Waals surface area contributed by atoms with Gasteiger partial charge in [-0.05, 0) is 11.6 Å².